The molecule has 0 aliphatic heterocycles. The molecule has 78 valence electrons. The van der Waals surface area contributed by atoms with Gasteiger partial charge in [0.25, 0.3) is 0 Å². The van der Waals surface area contributed by atoms with Gasteiger partial charge in [0.1, 0.15) is 0 Å². The summed E-state index contributed by atoms with van der Waals surface area (Å²) in [5.41, 5.74) is -0.0295. The van der Waals surface area contributed by atoms with E-state index in [1.807, 2.05) is 13.8 Å². The minimum absolute atomic E-state index is 0.547. The summed E-state index contributed by atoms with van der Waals surface area (Å²) in [6.07, 6.45) is 2.70. The molecule has 0 bridgehead atoms. The Morgan fingerprint density at radius 3 is 2.23 bits per heavy atom. The van der Waals surface area contributed by atoms with E-state index >= 15 is 0 Å². The lowest BCUT2D eigenvalue weighted by Crippen LogP contribution is -2.38. The first-order chi connectivity index (χ1) is 5.86. The Kier molecular flexibility index (Phi) is 3.03. The van der Waals surface area contributed by atoms with Crippen molar-refractivity contribution in [1.29, 1.82) is 0 Å². The van der Waals surface area contributed by atoms with Gasteiger partial charge < -0.3 is 10.4 Å². The molecule has 1 saturated carbocycles. The number of hydrogen-bond acceptors (Lipinski definition) is 2. The van der Waals surface area contributed by atoms with Crippen molar-refractivity contribution in [3.63, 3.8) is 0 Å². The van der Waals surface area contributed by atoms with E-state index in [4.69, 9.17) is 0 Å². The fourth-order valence-electron chi connectivity index (χ4n) is 1.74. The molecule has 2 nitrogen and oxygen atoms in total. The lowest BCUT2D eigenvalue weighted by Gasteiger charge is -2.23. The standard InChI is InChI=1S/C11H23NO/c1-9(2)11(5-6-11)8-12-7-10(3,4)13/h9,12-13H,5-8H2,1-4H3. The smallest absolute Gasteiger partial charge is 0.0715 e. The second kappa shape index (κ2) is 3.58. The summed E-state index contributed by atoms with van der Waals surface area (Å²) in [7, 11) is 0. The van der Waals surface area contributed by atoms with Crippen molar-refractivity contribution in [2.45, 2.75) is 46.1 Å². The molecule has 0 amide bonds. The average Bonchev–Trinajstić information content (AvgIpc) is 2.65. The zero-order valence-corrected chi connectivity index (χ0v) is 9.35. The van der Waals surface area contributed by atoms with E-state index in [2.05, 4.69) is 19.2 Å². The monoisotopic (exact) mass is 185 g/mol. The molecular formula is C11H23NO. The van der Waals surface area contributed by atoms with E-state index in [-0.39, 0.29) is 0 Å². The lowest BCUT2D eigenvalue weighted by molar-refractivity contribution is 0.0773. The molecule has 0 spiro atoms. The number of nitrogens with one attached hydrogen (secondary N) is 1. The van der Waals surface area contributed by atoms with Crippen LogP contribution in [0.15, 0.2) is 0 Å². The van der Waals surface area contributed by atoms with Crippen LogP contribution in [0, 0.1) is 11.3 Å². The van der Waals surface area contributed by atoms with E-state index in [9.17, 15) is 5.11 Å². The lowest BCUT2D eigenvalue weighted by atomic mass is 9.92. The second-order valence-corrected chi connectivity index (χ2v) is 5.43. The Morgan fingerprint density at radius 1 is 1.38 bits per heavy atom. The van der Waals surface area contributed by atoms with Gasteiger partial charge in [-0.15, -0.1) is 0 Å². The first-order valence-electron chi connectivity index (χ1n) is 5.29. The Hall–Kier alpha value is -0.0800. The van der Waals surface area contributed by atoms with Crippen LogP contribution >= 0.6 is 0 Å². The quantitative estimate of drug-likeness (QED) is 0.684. The van der Waals surface area contributed by atoms with Gasteiger partial charge in [0.15, 0.2) is 0 Å². The summed E-state index contributed by atoms with van der Waals surface area (Å²) in [5.74, 6) is 0.766. The Morgan fingerprint density at radius 2 is 1.92 bits per heavy atom. The van der Waals surface area contributed by atoms with E-state index in [1.54, 1.807) is 0 Å². The van der Waals surface area contributed by atoms with Gasteiger partial charge in [-0.25, -0.2) is 0 Å². The summed E-state index contributed by atoms with van der Waals surface area (Å²) >= 11 is 0. The van der Waals surface area contributed by atoms with Crippen LogP contribution in [0.5, 0.6) is 0 Å². The maximum absolute atomic E-state index is 9.51. The summed E-state index contributed by atoms with van der Waals surface area (Å²) in [6, 6.07) is 0. The number of rotatable bonds is 5. The average molecular weight is 185 g/mol. The molecule has 1 aliphatic rings. The van der Waals surface area contributed by atoms with Crippen molar-refractivity contribution in [2.24, 2.45) is 11.3 Å². The van der Waals surface area contributed by atoms with Crippen molar-refractivity contribution >= 4 is 0 Å². The van der Waals surface area contributed by atoms with Crippen LogP contribution in [0.3, 0.4) is 0 Å². The fourth-order valence-corrected chi connectivity index (χ4v) is 1.74. The normalized spacial score (nSPS) is 20.8. The minimum Gasteiger partial charge on any atom is -0.389 e. The predicted octanol–water partition coefficient (Wildman–Crippen LogP) is 1.78. The van der Waals surface area contributed by atoms with Crippen molar-refractivity contribution < 1.29 is 5.11 Å². The molecule has 1 rings (SSSR count). The first kappa shape index (κ1) is 11.0. The van der Waals surface area contributed by atoms with E-state index in [1.165, 1.54) is 12.8 Å². The van der Waals surface area contributed by atoms with Gasteiger partial charge in [0, 0.05) is 13.1 Å². The van der Waals surface area contributed by atoms with E-state index in [0.717, 1.165) is 12.5 Å². The topological polar surface area (TPSA) is 32.3 Å². The van der Waals surface area contributed by atoms with Gasteiger partial charge in [-0.1, -0.05) is 13.8 Å². The highest BCUT2D eigenvalue weighted by atomic mass is 16.3. The molecule has 0 heterocycles. The molecule has 2 heteroatoms. The van der Waals surface area contributed by atoms with Gasteiger partial charge in [0.05, 0.1) is 5.60 Å². The van der Waals surface area contributed by atoms with Crippen LogP contribution in [-0.2, 0) is 0 Å². The Bertz CT molecular complexity index is 165. The summed E-state index contributed by atoms with van der Waals surface area (Å²) in [4.78, 5) is 0. The third-order valence-electron chi connectivity index (χ3n) is 3.15. The molecule has 2 N–H and O–H groups in total. The molecule has 1 aliphatic carbocycles. The molecule has 13 heavy (non-hydrogen) atoms. The molecule has 0 aromatic carbocycles. The highest BCUT2D eigenvalue weighted by molar-refractivity contribution is 4.97. The molecule has 0 unspecified atom stereocenters. The molecule has 0 aromatic rings. The molecular weight excluding hydrogens is 162 g/mol. The summed E-state index contributed by atoms with van der Waals surface area (Å²) < 4.78 is 0. The minimum atomic E-state index is -0.576. The third kappa shape index (κ3) is 3.28. The Balaban J connectivity index is 2.20. The summed E-state index contributed by atoms with van der Waals surface area (Å²) in [6.45, 7) is 10.0. The van der Waals surface area contributed by atoms with Gasteiger partial charge in [-0.3, -0.25) is 0 Å². The maximum Gasteiger partial charge on any atom is 0.0715 e. The highest BCUT2D eigenvalue weighted by Crippen LogP contribution is 2.51. The van der Waals surface area contributed by atoms with Crippen LogP contribution < -0.4 is 5.32 Å². The largest absolute Gasteiger partial charge is 0.389 e. The van der Waals surface area contributed by atoms with Crippen LogP contribution in [-0.4, -0.2) is 23.8 Å². The van der Waals surface area contributed by atoms with Crippen LogP contribution in [0.25, 0.3) is 0 Å². The van der Waals surface area contributed by atoms with Crippen LogP contribution in [0.4, 0.5) is 0 Å². The molecule has 0 saturated heterocycles. The van der Waals surface area contributed by atoms with Crippen molar-refractivity contribution in [3.05, 3.63) is 0 Å². The van der Waals surface area contributed by atoms with Crippen LogP contribution in [0.2, 0.25) is 0 Å². The predicted molar refractivity (Wildman–Crippen MR) is 55.7 cm³/mol. The molecule has 0 atom stereocenters. The maximum atomic E-state index is 9.51. The van der Waals surface area contributed by atoms with E-state index in [0.29, 0.717) is 12.0 Å². The zero-order valence-electron chi connectivity index (χ0n) is 9.35. The SMILES string of the molecule is CC(C)C1(CNCC(C)(C)O)CC1. The fraction of sp³-hybridized carbons (Fsp3) is 1.00. The van der Waals surface area contributed by atoms with Gasteiger partial charge in [-0.2, -0.15) is 0 Å². The van der Waals surface area contributed by atoms with Gasteiger partial charge in [-0.05, 0) is 38.0 Å². The highest BCUT2D eigenvalue weighted by Gasteiger charge is 2.44. The van der Waals surface area contributed by atoms with Crippen molar-refractivity contribution in [1.82, 2.24) is 5.32 Å². The zero-order chi connectivity index (χ0) is 10.1. The number of hydrogen-bond donors (Lipinski definition) is 2. The van der Waals surface area contributed by atoms with Crippen molar-refractivity contribution in [3.8, 4) is 0 Å². The second-order valence-electron chi connectivity index (χ2n) is 5.43. The first-order valence-corrected chi connectivity index (χ1v) is 5.29. The molecule has 1 fully saturated rings. The summed E-state index contributed by atoms with van der Waals surface area (Å²) in [5, 5.41) is 12.9. The third-order valence-corrected chi connectivity index (χ3v) is 3.15. The Labute approximate surface area is 81.7 Å². The van der Waals surface area contributed by atoms with E-state index < -0.39 is 5.60 Å². The van der Waals surface area contributed by atoms with Gasteiger partial charge >= 0.3 is 0 Å². The molecule has 0 aromatic heterocycles. The molecule has 0 radical (unpaired) electrons. The van der Waals surface area contributed by atoms with Crippen LogP contribution in [0.1, 0.15) is 40.5 Å². The van der Waals surface area contributed by atoms with Gasteiger partial charge in [0.2, 0.25) is 0 Å². The number of aliphatic hydroxyl groups is 1. The van der Waals surface area contributed by atoms with Crippen molar-refractivity contribution in [2.75, 3.05) is 13.1 Å².